The normalized spacial score (nSPS) is 16.6. The Labute approximate surface area is 125 Å². The van der Waals surface area contributed by atoms with Gasteiger partial charge in [0.05, 0.1) is 22.5 Å². The quantitative estimate of drug-likeness (QED) is 0.889. The molecule has 1 aromatic heterocycles. The van der Waals surface area contributed by atoms with E-state index in [0.717, 1.165) is 16.9 Å². The standard InChI is InChI=1S/C15H21N3O2S/c1-2-9-21(19,20)18-12-7-8-13-14(10-12)17-15(16-13)11-5-3-4-6-11/h7-8,10-11,18H,2-6,9H2,1H3,(H,16,17). The van der Waals surface area contributed by atoms with E-state index in [4.69, 9.17) is 0 Å². The lowest BCUT2D eigenvalue weighted by Crippen LogP contribution is -2.15. The van der Waals surface area contributed by atoms with Gasteiger partial charge in [-0.05, 0) is 37.5 Å². The van der Waals surface area contributed by atoms with Crippen molar-refractivity contribution in [1.29, 1.82) is 0 Å². The molecule has 2 N–H and O–H groups in total. The zero-order valence-electron chi connectivity index (χ0n) is 12.2. The SMILES string of the molecule is CCCS(=O)(=O)Nc1ccc2nc(C3CCCC3)[nH]c2c1. The van der Waals surface area contributed by atoms with Crippen LogP contribution < -0.4 is 4.72 Å². The zero-order chi connectivity index (χ0) is 14.9. The van der Waals surface area contributed by atoms with Gasteiger partial charge in [-0.2, -0.15) is 0 Å². The number of imidazole rings is 1. The zero-order valence-corrected chi connectivity index (χ0v) is 13.0. The average molecular weight is 307 g/mol. The molecule has 0 saturated heterocycles. The van der Waals surface area contributed by atoms with Crippen LogP contribution in [0, 0.1) is 0 Å². The minimum Gasteiger partial charge on any atom is -0.342 e. The van der Waals surface area contributed by atoms with Gasteiger partial charge in [0.25, 0.3) is 0 Å². The number of sulfonamides is 1. The van der Waals surface area contributed by atoms with E-state index in [-0.39, 0.29) is 5.75 Å². The maximum atomic E-state index is 11.8. The summed E-state index contributed by atoms with van der Waals surface area (Å²) in [5.41, 5.74) is 2.39. The Morgan fingerprint density at radius 1 is 1.33 bits per heavy atom. The van der Waals surface area contributed by atoms with Gasteiger partial charge in [0.15, 0.2) is 0 Å². The molecule has 0 atom stereocenters. The van der Waals surface area contributed by atoms with Gasteiger partial charge in [-0.1, -0.05) is 19.8 Å². The van der Waals surface area contributed by atoms with Crippen LogP contribution in [0.25, 0.3) is 11.0 Å². The number of hydrogen-bond acceptors (Lipinski definition) is 3. The highest BCUT2D eigenvalue weighted by molar-refractivity contribution is 7.92. The molecule has 6 heteroatoms. The van der Waals surface area contributed by atoms with E-state index in [1.807, 2.05) is 19.1 Å². The molecule has 3 rings (SSSR count). The summed E-state index contributed by atoms with van der Waals surface area (Å²) in [5.74, 6) is 1.70. The lowest BCUT2D eigenvalue weighted by Gasteiger charge is -2.06. The summed E-state index contributed by atoms with van der Waals surface area (Å²) >= 11 is 0. The van der Waals surface area contributed by atoms with Gasteiger partial charge < -0.3 is 4.98 Å². The third kappa shape index (κ3) is 3.20. The van der Waals surface area contributed by atoms with Gasteiger partial charge in [-0.15, -0.1) is 0 Å². The van der Waals surface area contributed by atoms with Gasteiger partial charge in [0.1, 0.15) is 5.82 Å². The maximum Gasteiger partial charge on any atom is 0.232 e. The molecule has 1 saturated carbocycles. The molecule has 2 aromatic rings. The molecular weight excluding hydrogens is 286 g/mol. The van der Waals surface area contributed by atoms with Crippen molar-refractivity contribution in [2.45, 2.75) is 44.9 Å². The Kier molecular flexibility index (Phi) is 3.89. The molecule has 1 aliphatic rings. The summed E-state index contributed by atoms with van der Waals surface area (Å²) in [7, 11) is -3.25. The molecule has 0 unspecified atom stereocenters. The molecule has 0 aliphatic heterocycles. The summed E-state index contributed by atoms with van der Waals surface area (Å²) in [6, 6.07) is 5.47. The van der Waals surface area contributed by atoms with Gasteiger partial charge in [-0.3, -0.25) is 4.72 Å². The van der Waals surface area contributed by atoms with Crippen LogP contribution in [0.3, 0.4) is 0 Å². The van der Waals surface area contributed by atoms with Gasteiger partial charge in [0, 0.05) is 5.92 Å². The van der Waals surface area contributed by atoms with Gasteiger partial charge >= 0.3 is 0 Å². The highest BCUT2D eigenvalue weighted by Crippen LogP contribution is 2.33. The number of aromatic nitrogens is 2. The molecule has 0 spiro atoms. The number of nitrogens with one attached hydrogen (secondary N) is 2. The fraction of sp³-hybridized carbons (Fsp3) is 0.533. The van der Waals surface area contributed by atoms with Gasteiger partial charge in [-0.25, -0.2) is 13.4 Å². The second-order valence-electron chi connectivity index (χ2n) is 5.76. The number of rotatable bonds is 5. The second-order valence-corrected chi connectivity index (χ2v) is 7.60. The van der Waals surface area contributed by atoms with E-state index in [0.29, 0.717) is 18.0 Å². The number of hydrogen-bond donors (Lipinski definition) is 2. The number of fused-ring (bicyclic) bond motifs is 1. The Morgan fingerprint density at radius 3 is 2.81 bits per heavy atom. The van der Waals surface area contributed by atoms with Crippen LogP contribution in [0.1, 0.15) is 50.8 Å². The third-order valence-corrected chi connectivity index (χ3v) is 5.48. The van der Waals surface area contributed by atoms with Crippen LogP contribution in [0.15, 0.2) is 18.2 Å². The Bertz CT molecular complexity index is 730. The predicted molar refractivity (Wildman–Crippen MR) is 85.0 cm³/mol. The average Bonchev–Trinajstić information content (AvgIpc) is 3.06. The minimum atomic E-state index is -3.25. The molecule has 1 aliphatic carbocycles. The molecule has 0 radical (unpaired) electrons. The largest absolute Gasteiger partial charge is 0.342 e. The Morgan fingerprint density at radius 2 is 2.10 bits per heavy atom. The monoisotopic (exact) mass is 307 g/mol. The van der Waals surface area contributed by atoms with Crippen molar-refractivity contribution in [3.05, 3.63) is 24.0 Å². The van der Waals surface area contributed by atoms with Gasteiger partial charge in [0.2, 0.25) is 10.0 Å². The number of aromatic amines is 1. The first-order chi connectivity index (χ1) is 10.1. The lowest BCUT2D eigenvalue weighted by atomic mass is 10.1. The first-order valence-electron chi connectivity index (χ1n) is 7.57. The van der Waals surface area contributed by atoms with Crippen molar-refractivity contribution < 1.29 is 8.42 Å². The summed E-state index contributed by atoms with van der Waals surface area (Å²) in [6.45, 7) is 1.85. The van der Waals surface area contributed by atoms with Crippen LogP contribution in [-0.2, 0) is 10.0 Å². The molecule has 0 amide bonds. The number of H-pyrrole nitrogens is 1. The summed E-state index contributed by atoms with van der Waals surface area (Å²) in [6.07, 6.45) is 5.52. The van der Waals surface area contributed by atoms with Crippen molar-refractivity contribution in [1.82, 2.24) is 9.97 Å². The molecule has 21 heavy (non-hydrogen) atoms. The Hall–Kier alpha value is -1.56. The number of benzene rings is 1. The number of nitrogens with zero attached hydrogens (tertiary/aromatic N) is 1. The first kappa shape index (κ1) is 14.4. The van der Waals surface area contributed by atoms with E-state index in [1.54, 1.807) is 6.07 Å². The van der Waals surface area contributed by atoms with Crippen molar-refractivity contribution in [2.75, 3.05) is 10.5 Å². The Balaban J connectivity index is 1.86. The lowest BCUT2D eigenvalue weighted by molar-refractivity contribution is 0.600. The molecular formula is C15H21N3O2S. The third-order valence-electron chi connectivity index (χ3n) is 3.99. The molecule has 1 fully saturated rings. The smallest absolute Gasteiger partial charge is 0.232 e. The van der Waals surface area contributed by atoms with E-state index in [1.165, 1.54) is 25.7 Å². The molecule has 114 valence electrons. The van der Waals surface area contributed by atoms with Crippen LogP contribution in [0.5, 0.6) is 0 Å². The van der Waals surface area contributed by atoms with E-state index in [9.17, 15) is 8.42 Å². The van der Waals surface area contributed by atoms with Crippen molar-refractivity contribution in [2.24, 2.45) is 0 Å². The fourth-order valence-corrected chi connectivity index (χ4v) is 4.11. The molecule has 1 heterocycles. The topological polar surface area (TPSA) is 74.8 Å². The summed E-state index contributed by atoms with van der Waals surface area (Å²) in [5, 5.41) is 0. The second kappa shape index (κ2) is 5.67. The number of anilines is 1. The summed E-state index contributed by atoms with van der Waals surface area (Å²) in [4.78, 5) is 7.99. The van der Waals surface area contributed by atoms with Crippen molar-refractivity contribution >= 4 is 26.7 Å². The van der Waals surface area contributed by atoms with Crippen LogP contribution in [-0.4, -0.2) is 24.1 Å². The predicted octanol–water partition coefficient (Wildman–Crippen LogP) is 3.37. The van der Waals surface area contributed by atoms with E-state index in [2.05, 4.69) is 14.7 Å². The van der Waals surface area contributed by atoms with E-state index < -0.39 is 10.0 Å². The van der Waals surface area contributed by atoms with Crippen LogP contribution >= 0.6 is 0 Å². The van der Waals surface area contributed by atoms with E-state index >= 15 is 0 Å². The maximum absolute atomic E-state index is 11.8. The molecule has 0 bridgehead atoms. The van der Waals surface area contributed by atoms with Crippen molar-refractivity contribution in [3.8, 4) is 0 Å². The minimum absolute atomic E-state index is 0.140. The van der Waals surface area contributed by atoms with Crippen LogP contribution in [0.4, 0.5) is 5.69 Å². The first-order valence-corrected chi connectivity index (χ1v) is 9.23. The fourth-order valence-electron chi connectivity index (χ4n) is 2.98. The highest BCUT2D eigenvalue weighted by atomic mass is 32.2. The van der Waals surface area contributed by atoms with Crippen molar-refractivity contribution in [3.63, 3.8) is 0 Å². The van der Waals surface area contributed by atoms with Crippen LogP contribution in [0.2, 0.25) is 0 Å². The molecule has 1 aromatic carbocycles. The highest BCUT2D eigenvalue weighted by Gasteiger charge is 2.20. The molecule has 5 nitrogen and oxygen atoms in total. The summed E-state index contributed by atoms with van der Waals surface area (Å²) < 4.78 is 26.2.